The summed E-state index contributed by atoms with van der Waals surface area (Å²) in [5.74, 6) is 0. The number of fused-ring (bicyclic) bond motifs is 4. The lowest BCUT2D eigenvalue weighted by Gasteiger charge is -2.16. The molecular weight excluding hydrogens is 328 g/mol. The summed E-state index contributed by atoms with van der Waals surface area (Å²) in [6.45, 7) is 0. The number of pyridine rings is 1. The van der Waals surface area contributed by atoms with Crippen molar-refractivity contribution in [3.05, 3.63) is 70.7 Å². The molecule has 6 nitrogen and oxygen atoms in total. The minimum atomic E-state index is -0.0550. The average Bonchev–Trinajstić information content (AvgIpc) is 3.25. The van der Waals surface area contributed by atoms with Gasteiger partial charge in [-0.1, -0.05) is 0 Å². The lowest BCUT2D eigenvalue weighted by Crippen LogP contribution is -2.22. The van der Waals surface area contributed by atoms with Crippen molar-refractivity contribution in [1.29, 1.82) is 0 Å². The Bertz CT molecular complexity index is 1220. The second kappa shape index (κ2) is 5.29. The van der Waals surface area contributed by atoms with Gasteiger partial charge in [-0.05, 0) is 30.3 Å². The molecule has 0 unspecified atom stereocenters. The van der Waals surface area contributed by atoms with Crippen LogP contribution in [-0.4, -0.2) is 28.6 Å². The number of furan rings is 1. The van der Waals surface area contributed by atoms with Crippen molar-refractivity contribution in [1.82, 2.24) is 14.5 Å². The van der Waals surface area contributed by atoms with Gasteiger partial charge in [-0.25, -0.2) is 4.98 Å². The number of rotatable bonds is 2. The maximum atomic E-state index is 13.1. The van der Waals surface area contributed by atoms with Crippen molar-refractivity contribution in [2.24, 2.45) is 0 Å². The van der Waals surface area contributed by atoms with Crippen LogP contribution in [0.4, 0.5) is 5.69 Å². The summed E-state index contributed by atoms with van der Waals surface area (Å²) in [5, 5.41) is 0.953. The van der Waals surface area contributed by atoms with E-state index in [4.69, 9.17) is 4.42 Å². The Morgan fingerprint density at radius 2 is 2.04 bits per heavy atom. The summed E-state index contributed by atoms with van der Waals surface area (Å²) in [5.41, 5.74) is 5.83. The van der Waals surface area contributed by atoms with Gasteiger partial charge < -0.3 is 9.32 Å². The van der Waals surface area contributed by atoms with Gasteiger partial charge in [0.15, 0.2) is 0 Å². The average molecular weight is 344 g/mol. The second-order valence-corrected chi connectivity index (χ2v) is 6.61. The molecule has 0 fully saturated rings. The van der Waals surface area contributed by atoms with Crippen LogP contribution in [-0.2, 0) is 6.42 Å². The minimum absolute atomic E-state index is 0.0550. The van der Waals surface area contributed by atoms with Gasteiger partial charge in [0.2, 0.25) is 0 Å². The first-order chi connectivity index (χ1) is 12.6. The minimum Gasteiger partial charge on any atom is -0.464 e. The van der Waals surface area contributed by atoms with Crippen molar-refractivity contribution in [3.8, 4) is 16.9 Å². The van der Waals surface area contributed by atoms with Crippen LogP contribution in [0.3, 0.4) is 0 Å². The van der Waals surface area contributed by atoms with Crippen LogP contribution >= 0.6 is 0 Å². The van der Waals surface area contributed by atoms with E-state index in [-0.39, 0.29) is 5.56 Å². The molecule has 0 bridgehead atoms. The predicted molar refractivity (Wildman–Crippen MR) is 100.0 cm³/mol. The fourth-order valence-corrected chi connectivity index (χ4v) is 3.58. The van der Waals surface area contributed by atoms with Crippen molar-refractivity contribution in [3.63, 3.8) is 0 Å². The molecule has 0 spiro atoms. The number of aromatic nitrogens is 3. The Kier molecular flexibility index (Phi) is 3.03. The molecule has 3 aromatic heterocycles. The fraction of sp³-hybridized carbons (Fsp3) is 0.150. The van der Waals surface area contributed by atoms with Gasteiger partial charge >= 0.3 is 0 Å². The van der Waals surface area contributed by atoms with E-state index >= 15 is 0 Å². The fourth-order valence-electron chi connectivity index (χ4n) is 3.58. The van der Waals surface area contributed by atoms with Gasteiger partial charge in [-0.2, -0.15) is 0 Å². The third-order valence-electron chi connectivity index (χ3n) is 4.85. The highest BCUT2D eigenvalue weighted by Gasteiger charge is 2.28. The lowest BCUT2D eigenvalue weighted by atomic mass is 10.1. The maximum absolute atomic E-state index is 13.1. The molecule has 0 radical (unpaired) electrons. The Balaban J connectivity index is 1.70. The van der Waals surface area contributed by atoms with E-state index in [1.807, 2.05) is 49.3 Å². The molecule has 0 aliphatic heterocycles. The smallest absolute Gasteiger partial charge is 0.262 e. The van der Waals surface area contributed by atoms with Crippen molar-refractivity contribution >= 4 is 16.7 Å². The summed E-state index contributed by atoms with van der Waals surface area (Å²) in [6.07, 6.45) is 5.53. The van der Waals surface area contributed by atoms with Crippen molar-refractivity contribution in [2.75, 3.05) is 19.0 Å². The normalized spacial score (nSPS) is 12.2. The summed E-state index contributed by atoms with van der Waals surface area (Å²) in [6, 6.07) is 9.50. The first kappa shape index (κ1) is 14.9. The predicted octanol–water partition coefficient (Wildman–Crippen LogP) is 3.01. The molecule has 0 saturated carbocycles. The van der Waals surface area contributed by atoms with Crippen LogP contribution in [0, 0.1) is 0 Å². The SMILES string of the molecule is CN(C)c1ccnc2c1-c1ncn(-c3ccc4occc4c3)c(=O)c1C2. The Labute approximate surface area is 149 Å². The summed E-state index contributed by atoms with van der Waals surface area (Å²) in [4.78, 5) is 24.3. The van der Waals surface area contributed by atoms with Gasteiger partial charge in [0, 0.05) is 43.4 Å². The highest BCUT2D eigenvalue weighted by atomic mass is 16.3. The van der Waals surface area contributed by atoms with E-state index in [9.17, 15) is 4.79 Å². The van der Waals surface area contributed by atoms with Crippen LogP contribution < -0.4 is 10.5 Å². The first-order valence-corrected chi connectivity index (χ1v) is 8.37. The molecule has 1 aliphatic carbocycles. The van der Waals surface area contributed by atoms with E-state index in [1.165, 1.54) is 0 Å². The third kappa shape index (κ3) is 2.02. The van der Waals surface area contributed by atoms with E-state index < -0.39 is 0 Å². The highest BCUT2D eigenvalue weighted by molar-refractivity contribution is 5.83. The highest BCUT2D eigenvalue weighted by Crippen LogP contribution is 2.38. The number of hydrogen-bond donors (Lipinski definition) is 0. The topological polar surface area (TPSA) is 64.2 Å². The zero-order chi connectivity index (χ0) is 17.8. The summed E-state index contributed by atoms with van der Waals surface area (Å²) >= 11 is 0. The third-order valence-corrected chi connectivity index (χ3v) is 4.85. The molecule has 1 aromatic carbocycles. The van der Waals surface area contributed by atoms with Crippen molar-refractivity contribution in [2.45, 2.75) is 6.42 Å². The van der Waals surface area contributed by atoms with Gasteiger partial charge in [0.25, 0.3) is 5.56 Å². The molecular formula is C20H16N4O2. The number of benzene rings is 1. The Morgan fingerprint density at radius 1 is 1.15 bits per heavy atom. The molecule has 4 aromatic rings. The van der Waals surface area contributed by atoms with E-state index in [1.54, 1.807) is 23.4 Å². The molecule has 1 aliphatic rings. The molecule has 26 heavy (non-hydrogen) atoms. The van der Waals surface area contributed by atoms with E-state index in [2.05, 4.69) is 9.97 Å². The van der Waals surface area contributed by atoms with Crippen LogP contribution in [0.25, 0.3) is 27.9 Å². The molecule has 0 atom stereocenters. The maximum Gasteiger partial charge on any atom is 0.262 e. The van der Waals surface area contributed by atoms with Gasteiger partial charge in [-0.3, -0.25) is 14.3 Å². The zero-order valence-corrected chi connectivity index (χ0v) is 14.4. The molecule has 0 amide bonds. The Morgan fingerprint density at radius 3 is 2.88 bits per heavy atom. The molecule has 0 saturated heterocycles. The Hall–Kier alpha value is -3.41. The number of hydrogen-bond acceptors (Lipinski definition) is 5. The summed E-state index contributed by atoms with van der Waals surface area (Å²) in [7, 11) is 3.96. The first-order valence-electron chi connectivity index (χ1n) is 8.37. The standard InChI is InChI=1S/C20H16N4O2/c1-23(2)16-5-7-21-15-10-14-19(18(15)16)22-11-24(20(14)25)13-3-4-17-12(9-13)6-8-26-17/h3-9,11H,10H2,1-2H3. The van der Waals surface area contributed by atoms with Crippen LogP contribution in [0.2, 0.25) is 0 Å². The number of anilines is 1. The largest absolute Gasteiger partial charge is 0.464 e. The van der Waals surface area contributed by atoms with Gasteiger partial charge in [0.05, 0.1) is 28.9 Å². The lowest BCUT2D eigenvalue weighted by molar-refractivity contribution is 0.616. The zero-order valence-electron chi connectivity index (χ0n) is 14.4. The summed E-state index contributed by atoms with van der Waals surface area (Å²) < 4.78 is 6.96. The van der Waals surface area contributed by atoms with Crippen molar-refractivity contribution < 1.29 is 4.42 Å². The second-order valence-electron chi connectivity index (χ2n) is 6.61. The van der Waals surface area contributed by atoms with E-state index in [0.717, 1.165) is 39.3 Å². The monoisotopic (exact) mass is 344 g/mol. The quantitative estimate of drug-likeness (QED) is 0.492. The molecule has 6 heteroatoms. The molecule has 3 heterocycles. The van der Waals surface area contributed by atoms with Crippen LogP contribution in [0.15, 0.2) is 58.3 Å². The van der Waals surface area contributed by atoms with Gasteiger partial charge in [0.1, 0.15) is 11.9 Å². The number of nitrogens with zero attached hydrogens (tertiary/aromatic N) is 4. The van der Waals surface area contributed by atoms with E-state index in [0.29, 0.717) is 12.0 Å². The van der Waals surface area contributed by atoms with Crippen LogP contribution in [0.1, 0.15) is 11.3 Å². The molecule has 128 valence electrons. The molecule has 5 rings (SSSR count). The van der Waals surface area contributed by atoms with Crippen LogP contribution in [0.5, 0.6) is 0 Å². The molecule has 0 N–H and O–H groups in total. The van der Waals surface area contributed by atoms with Gasteiger partial charge in [-0.15, -0.1) is 0 Å².